The monoisotopic (exact) mass is 398 g/mol. The van der Waals surface area contributed by atoms with E-state index in [1.54, 1.807) is 42.5 Å². The van der Waals surface area contributed by atoms with E-state index >= 15 is 0 Å². The standard InChI is InChI=1S/C22H26N2O3S/c1-16(17-11-12-17)24(20-13-14-20)22(25)18-7-6-10-21(15-18)28(26,27)23(2)19-8-4-3-5-9-19/h3-10,15-17,20H,11-14H2,1-2H3. The van der Waals surface area contributed by atoms with E-state index in [1.807, 2.05) is 11.0 Å². The predicted octanol–water partition coefficient (Wildman–Crippen LogP) is 3.91. The summed E-state index contributed by atoms with van der Waals surface area (Å²) in [6, 6.07) is 15.9. The van der Waals surface area contributed by atoms with Crippen molar-refractivity contribution in [1.29, 1.82) is 0 Å². The maximum Gasteiger partial charge on any atom is 0.264 e. The molecule has 2 aromatic carbocycles. The smallest absolute Gasteiger partial charge is 0.264 e. The maximum absolute atomic E-state index is 13.2. The molecule has 0 N–H and O–H groups in total. The summed E-state index contributed by atoms with van der Waals surface area (Å²) in [6.45, 7) is 2.12. The first-order valence-electron chi connectivity index (χ1n) is 9.86. The van der Waals surface area contributed by atoms with Crippen LogP contribution in [0.4, 0.5) is 5.69 Å². The van der Waals surface area contributed by atoms with Crippen LogP contribution < -0.4 is 4.31 Å². The highest BCUT2D eigenvalue weighted by molar-refractivity contribution is 7.92. The van der Waals surface area contributed by atoms with E-state index in [2.05, 4.69) is 6.92 Å². The Kier molecular flexibility index (Phi) is 4.91. The Bertz CT molecular complexity index is 966. The number of amides is 1. The van der Waals surface area contributed by atoms with E-state index < -0.39 is 10.0 Å². The van der Waals surface area contributed by atoms with Crippen molar-refractivity contribution >= 4 is 21.6 Å². The topological polar surface area (TPSA) is 57.7 Å². The minimum absolute atomic E-state index is 0.0543. The molecule has 0 spiro atoms. The fraction of sp³-hybridized carbons (Fsp3) is 0.409. The quantitative estimate of drug-likeness (QED) is 0.710. The Balaban J connectivity index is 1.62. The summed E-state index contributed by atoms with van der Waals surface area (Å²) in [5.41, 5.74) is 1.03. The molecule has 2 saturated carbocycles. The van der Waals surface area contributed by atoms with Gasteiger partial charge < -0.3 is 4.90 Å². The molecule has 5 nitrogen and oxygen atoms in total. The lowest BCUT2D eigenvalue weighted by Crippen LogP contribution is -2.41. The summed E-state index contributed by atoms with van der Waals surface area (Å²) in [5, 5.41) is 0. The van der Waals surface area contributed by atoms with Crippen LogP contribution in [0.1, 0.15) is 43.0 Å². The maximum atomic E-state index is 13.2. The Morgan fingerprint density at radius 1 is 1.00 bits per heavy atom. The number of carbonyl (C=O) groups is 1. The number of hydrogen-bond acceptors (Lipinski definition) is 3. The van der Waals surface area contributed by atoms with Crippen LogP contribution in [0.5, 0.6) is 0 Å². The summed E-state index contributed by atoms with van der Waals surface area (Å²) < 4.78 is 27.4. The van der Waals surface area contributed by atoms with Crippen molar-refractivity contribution < 1.29 is 13.2 Å². The van der Waals surface area contributed by atoms with E-state index in [0.717, 1.165) is 12.8 Å². The molecule has 0 heterocycles. The summed E-state index contributed by atoms with van der Waals surface area (Å²) >= 11 is 0. The van der Waals surface area contributed by atoms with Crippen molar-refractivity contribution in [1.82, 2.24) is 4.90 Å². The number of hydrogen-bond donors (Lipinski definition) is 0. The number of anilines is 1. The highest BCUT2D eigenvalue weighted by atomic mass is 32.2. The third kappa shape index (κ3) is 3.65. The molecule has 0 aliphatic heterocycles. The molecule has 0 bridgehead atoms. The molecule has 2 aromatic rings. The van der Waals surface area contributed by atoms with Gasteiger partial charge in [-0.25, -0.2) is 8.42 Å². The summed E-state index contributed by atoms with van der Waals surface area (Å²) in [6.07, 6.45) is 4.43. The van der Waals surface area contributed by atoms with Crippen LogP contribution in [0.3, 0.4) is 0 Å². The Labute approximate surface area is 167 Å². The number of carbonyl (C=O) groups excluding carboxylic acids is 1. The van der Waals surface area contributed by atoms with Crippen LogP contribution in [-0.4, -0.2) is 38.4 Å². The highest BCUT2D eigenvalue weighted by Crippen LogP contribution is 2.40. The molecule has 0 aromatic heterocycles. The molecule has 6 heteroatoms. The first-order chi connectivity index (χ1) is 13.4. The molecule has 148 valence electrons. The van der Waals surface area contributed by atoms with Crippen LogP contribution in [0.2, 0.25) is 0 Å². The molecule has 4 rings (SSSR count). The predicted molar refractivity (Wildman–Crippen MR) is 110 cm³/mol. The second-order valence-corrected chi connectivity index (χ2v) is 9.83. The number of nitrogens with zero attached hydrogens (tertiary/aromatic N) is 2. The van der Waals surface area contributed by atoms with E-state index in [0.29, 0.717) is 23.2 Å². The molecular weight excluding hydrogens is 372 g/mol. The van der Waals surface area contributed by atoms with Crippen molar-refractivity contribution in [2.24, 2.45) is 5.92 Å². The Hall–Kier alpha value is -2.34. The largest absolute Gasteiger partial charge is 0.333 e. The minimum atomic E-state index is -3.74. The van der Waals surface area contributed by atoms with Gasteiger partial charge in [-0.2, -0.15) is 0 Å². The van der Waals surface area contributed by atoms with Crippen LogP contribution in [0.25, 0.3) is 0 Å². The molecule has 0 radical (unpaired) electrons. The van der Waals surface area contributed by atoms with Crippen molar-refractivity contribution in [3.63, 3.8) is 0 Å². The zero-order chi connectivity index (χ0) is 19.9. The summed E-state index contributed by atoms with van der Waals surface area (Å²) in [7, 11) is -2.21. The van der Waals surface area contributed by atoms with Crippen molar-refractivity contribution in [2.45, 2.75) is 49.6 Å². The van der Waals surface area contributed by atoms with Gasteiger partial charge in [0.1, 0.15) is 0 Å². The molecule has 2 fully saturated rings. The van der Waals surface area contributed by atoms with Gasteiger partial charge in [0.2, 0.25) is 0 Å². The molecule has 2 aliphatic rings. The van der Waals surface area contributed by atoms with Gasteiger partial charge >= 0.3 is 0 Å². The van der Waals surface area contributed by atoms with Crippen molar-refractivity contribution in [2.75, 3.05) is 11.4 Å². The third-order valence-electron chi connectivity index (χ3n) is 5.78. The van der Waals surface area contributed by atoms with E-state index in [9.17, 15) is 13.2 Å². The zero-order valence-corrected chi connectivity index (χ0v) is 17.1. The average Bonchev–Trinajstić information content (AvgIpc) is 3.61. The normalized spacial score (nSPS) is 17.8. The van der Waals surface area contributed by atoms with Gasteiger partial charge in [-0.3, -0.25) is 9.10 Å². The van der Waals surface area contributed by atoms with E-state index in [1.165, 1.54) is 30.3 Å². The van der Waals surface area contributed by atoms with E-state index in [4.69, 9.17) is 0 Å². The van der Waals surface area contributed by atoms with E-state index in [-0.39, 0.29) is 16.8 Å². The highest BCUT2D eigenvalue weighted by Gasteiger charge is 2.42. The SMILES string of the molecule is CC(C1CC1)N(C(=O)c1cccc(S(=O)(=O)N(C)c2ccccc2)c1)C1CC1. The minimum Gasteiger partial charge on any atom is -0.333 e. The molecule has 1 unspecified atom stereocenters. The van der Waals surface area contributed by atoms with Crippen molar-refractivity contribution in [3.05, 3.63) is 60.2 Å². The number of para-hydroxylation sites is 1. The lowest BCUT2D eigenvalue weighted by atomic mass is 10.1. The number of rotatable bonds is 7. The van der Waals surface area contributed by atoms with Crippen LogP contribution in [-0.2, 0) is 10.0 Å². The third-order valence-corrected chi connectivity index (χ3v) is 7.56. The first-order valence-corrected chi connectivity index (χ1v) is 11.3. The molecule has 28 heavy (non-hydrogen) atoms. The van der Waals surface area contributed by atoms with Gasteiger partial charge in [-0.05, 0) is 68.9 Å². The first kappa shape index (κ1) is 19.0. The molecule has 0 saturated heterocycles. The van der Waals surface area contributed by atoms with Gasteiger partial charge in [-0.1, -0.05) is 24.3 Å². The van der Waals surface area contributed by atoms with Gasteiger partial charge in [0.25, 0.3) is 15.9 Å². The van der Waals surface area contributed by atoms with Crippen molar-refractivity contribution in [3.8, 4) is 0 Å². The van der Waals surface area contributed by atoms with Gasteiger partial charge in [0.05, 0.1) is 10.6 Å². The van der Waals surface area contributed by atoms with Crippen LogP contribution >= 0.6 is 0 Å². The second-order valence-electron chi connectivity index (χ2n) is 7.86. The van der Waals surface area contributed by atoms with Gasteiger partial charge in [0.15, 0.2) is 0 Å². The summed E-state index contributed by atoms with van der Waals surface area (Å²) in [5.74, 6) is 0.530. The zero-order valence-electron chi connectivity index (χ0n) is 16.3. The molecule has 1 amide bonds. The molecule has 2 aliphatic carbocycles. The van der Waals surface area contributed by atoms with Gasteiger partial charge in [-0.15, -0.1) is 0 Å². The second kappa shape index (κ2) is 7.24. The van der Waals surface area contributed by atoms with Crippen LogP contribution in [0, 0.1) is 5.92 Å². The number of benzene rings is 2. The van der Waals surface area contributed by atoms with Gasteiger partial charge in [0, 0.05) is 24.7 Å². The number of sulfonamides is 1. The average molecular weight is 399 g/mol. The Morgan fingerprint density at radius 3 is 2.29 bits per heavy atom. The molecular formula is C22H26N2O3S. The Morgan fingerprint density at radius 2 is 1.68 bits per heavy atom. The summed E-state index contributed by atoms with van der Waals surface area (Å²) in [4.78, 5) is 15.4. The lowest BCUT2D eigenvalue weighted by molar-refractivity contribution is 0.0654. The van der Waals surface area contributed by atoms with Crippen LogP contribution in [0.15, 0.2) is 59.5 Å². The molecule has 1 atom stereocenters. The fourth-order valence-electron chi connectivity index (χ4n) is 3.72. The fourth-order valence-corrected chi connectivity index (χ4v) is 4.96. The lowest BCUT2D eigenvalue weighted by Gasteiger charge is -2.30.